The fourth-order valence-corrected chi connectivity index (χ4v) is 2.79. The van der Waals surface area contributed by atoms with E-state index in [-0.39, 0.29) is 12.1 Å². The monoisotopic (exact) mass is 312 g/mol. The average molecular weight is 313 g/mol. The Balaban J connectivity index is 3.78. The van der Waals surface area contributed by atoms with E-state index in [0.717, 1.165) is 19.3 Å². The van der Waals surface area contributed by atoms with Crippen LogP contribution in [0.4, 0.5) is 0 Å². The average Bonchev–Trinajstić information content (AvgIpc) is 2.52. The van der Waals surface area contributed by atoms with Crippen LogP contribution in [0.15, 0.2) is 0 Å². The second-order valence-electron chi connectivity index (χ2n) is 6.62. The lowest BCUT2D eigenvalue weighted by Crippen LogP contribution is -2.18. The van der Waals surface area contributed by atoms with Gasteiger partial charge in [0.25, 0.3) is 0 Å². The van der Waals surface area contributed by atoms with Crippen molar-refractivity contribution in [2.75, 3.05) is 0 Å². The van der Waals surface area contributed by atoms with Crippen LogP contribution in [0.1, 0.15) is 117 Å². The second-order valence-corrected chi connectivity index (χ2v) is 6.62. The highest BCUT2D eigenvalue weighted by Gasteiger charge is 2.13. The van der Waals surface area contributed by atoms with Gasteiger partial charge in [-0.05, 0) is 25.7 Å². The molecule has 0 aromatic carbocycles. The summed E-state index contributed by atoms with van der Waals surface area (Å²) in [4.78, 5) is 12.0. The summed E-state index contributed by atoms with van der Waals surface area (Å²) in [6.45, 7) is 6.66. The molecule has 22 heavy (non-hydrogen) atoms. The van der Waals surface area contributed by atoms with Gasteiger partial charge in [-0.3, -0.25) is 4.79 Å². The molecule has 2 heteroatoms. The molecule has 0 rings (SSSR count). The smallest absolute Gasteiger partial charge is 0.306 e. The van der Waals surface area contributed by atoms with Crippen molar-refractivity contribution in [3.8, 4) is 0 Å². The lowest BCUT2D eigenvalue weighted by atomic mass is 10.0. The van der Waals surface area contributed by atoms with Crippen LogP contribution in [-0.2, 0) is 9.53 Å². The molecular formula is C20H40O2. The van der Waals surface area contributed by atoms with Gasteiger partial charge in [0.15, 0.2) is 0 Å². The van der Waals surface area contributed by atoms with Gasteiger partial charge in [0.1, 0.15) is 6.10 Å². The molecule has 0 saturated heterocycles. The first-order chi connectivity index (χ1) is 10.7. The predicted molar refractivity (Wildman–Crippen MR) is 96.2 cm³/mol. The van der Waals surface area contributed by atoms with E-state index < -0.39 is 0 Å². The molecule has 0 aromatic heterocycles. The number of hydrogen-bond donors (Lipinski definition) is 0. The third kappa shape index (κ3) is 14.4. The van der Waals surface area contributed by atoms with Crippen LogP contribution in [0.3, 0.4) is 0 Å². The van der Waals surface area contributed by atoms with Crippen LogP contribution >= 0.6 is 0 Å². The van der Waals surface area contributed by atoms with Gasteiger partial charge in [0.2, 0.25) is 0 Å². The zero-order chi connectivity index (χ0) is 16.5. The summed E-state index contributed by atoms with van der Waals surface area (Å²) in [5, 5.41) is 0. The molecule has 0 bridgehead atoms. The van der Waals surface area contributed by atoms with Gasteiger partial charge >= 0.3 is 5.97 Å². The summed E-state index contributed by atoms with van der Waals surface area (Å²) < 4.78 is 5.72. The van der Waals surface area contributed by atoms with Crippen LogP contribution in [-0.4, -0.2) is 12.1 Å². The lowest BCUT2D eigenvalue weighted by molar-refractivity contribution is -0.150. The van der Waals surface area contributed by atoms with Crippen LogP contribution in [0.2, 0.25) is 0 Å². The van der Waals surface area contributed by atoms with E-state index in [4.69, 9.17) is 4.74 Å². The lowest BCUT2D eigenvalue weighted by Gasteiger charge is -2.17. The molecule has 1 unspecified atom stereocenters. The Morgan fingerprint density at radius 2 is 1.18 bits per heavy atom. The van der Waals surface area contributed by atoms with E-state index in [1.165, 1.54) is 70.6 Å². The molecule has 0 amide bonds. The first-order valence-corrected chi connectivity index (χ1v) is 9.94. The highest BCUT2D eigenvalue weighted by molar-refractivity contribution is 5.69. The normalized spacial score (nSPS) is 12.3. The highest BCUT2D eigenvalue weighted by Crippen LogP contribution is 2.16. The summed E-state index contributed by atoms with van der Waals surface area (Å²) in [5.74, 6) is 0.0343. The maximum Gasteiger partial charge on any atom is 0.306 e. The minimum absolute atomic E-state index is 0.0343. The maximum atomic E-state index is 12.0. The minimum atomic E-state index is 0.0343. The molecule has 1 atom stereocenters. The third-order valence-electron chi connectivity index (χ3n) is 4.29. The van der Waals surface area contributed by atoms with Gasteiger partial charge in [0, 0.05) is 6.42 Å². The van der Waals surface area contributed by atoms with E-state index in [1.54, 1.807) is 0 Å². The maximum absolute atomic E-state index is 12.0. The van der Waals surface area contributed by atoms with Crippen molar-refractivity contribution in [1.29, 1.82) is 0 Å². The van der Waals surface area contributed by atoms with Crippen molar-refractivity contribution >= 4 is 5.97 Å². The predicted octanol–water partition coefficient (Wildman–Crippen LogP) is 6.81. The Morgan fingerprint density at radius 3 is 1.82 bits per heavy atom. The SMILES string of the molecule is CCCCCCCCC(=O)OC(CCCC)CCCCCC. The second kappa shape index (κ2) is 16.8. The standard InChI is InChI=1S/C20H40O2/c1-4-7-10-12-13-15-18-20(21)22-19(16-9-6-3)17-14-11-8-5-2/h19H,4-18H2,1-3H3. The number of ether oxygens (including phenoxy) is 1. The molecule has 0 radical (unpaired) electrons. The van der Waals surface area contributed by atoms with Crippen molar-refractivity contribution in [2.24, 2.45) is 0 Å². The molecule has 0 aliphatic carbocycles. The van der Waals surface area contributed by atoms with Gasteiger partial charge in [-0.2, -0.15) is 0 Å². The Bertz CT molecular complexity index is 238. The van der Waals surface area contributed by atoms with Gasteiger partial charge in [-0.15, -0.1) is 0 Å². The quantitative estimate of drug-likeness (QED) is 0.231. The molecule has 0 spiro atoms. The van der Waals surface area contributed by atoms with Crippen molar-refractivity contribution in [2.45, 2.75) is 123 Å². The van der Waals surface area contributed by atoms with Gasteiger partial charge < -0.3 is 4.74 Å². The van der Waals surface area contributed by atoms with Gasteiger partial charge in [-0.1, -0.05) is 85.0 Å². The Hall–Kier alpha value is -0.530. The topological polar surface area (TPSA) is 26.3 Å². The fraction of sp³-hybridized carbons (Fsp3) is 0.950. The molecule has 0 fully saturated rings. The highest BCUT2D eigenvalue weighted by atomic mass is 16.5. The van der Waals surface area contributed by atoms with Crippen LogP contribution < -0.4 is 0 Å². The van der Waals surface area contributed by atoms with Crippen LogP contribution in [0, 0.1) is 0 Å². The molecule has 0 saturated carbocycles. The Morgan fingerprint density at radius 1 is 0.682 bits per heavy atom. The van der Waals surface area contributed by atoms with Crippen molar-refractivity contribution in [3.63, 3.8) is 0 Å². The Kier molecular flexibility index (Phi) is 16.4. The molecule has 0 aromatic rings. The molecular weight excluding hydrogens is 272 g/mol. The number of esters is 1. The van der Waals surface area contributed by atoms with E-state index in [9.17, 15) is 4.79 Å². The number of unbranched alkanes of at least 4 members (excludes halogenated alkanes) is 9. The molecule has 0 N–H and O–H groups in total. The molecule has 132 valence electrons. The fourth-order valence-electron chi connectivity index (χ4n) is 2.79. The molecule has 0 heterocycles. The zero-order valence-corrected chi connectivity index (χ0v) is 15.5. The van der Waals surface area contributed by atoms with Crippen molar-refractivity contribution in [1.82, 2.24) is 0 Å². The van der Waals surface area contributed by atoms with E-state index >= 15 is 0 Å². The molecule has 0 aliphatic rings. The van der Waals surface area contributed by atoms with Crippen molar-refractivity contribution in [3.05, 3.63) is 0 Å². The third-order valence-corrected chi connectivity index (χ3v) is 4.29. The van der Waals surface area contributed by atoms with E-state index in [2.05, 4.69) is 20.8 Å². The van der Waals surface area contributed by atoms with E-state index in [1.807, 2.05) is 0 Å². The molecule has 2 nitrogen and oxygen atoms in total. The molecule has 0 aliphatic heterocycles. The summed E-state index contributed by atoms with van der Waals surface area (Å²) in [6, 6.07) is 0. The van der Waals surface area contributed by atoms with Gasteiger partial charge in [-0.25, -0.2) is 0 Å². The first kappa shape index (κ1) is 21.5. The summed E-state index contributed by atoms with van der Waals surface area (Å²) in [5.41, 5.74) is 0. The number of carbonyl (C=O) groups is 1. The summed E-state index contributed by atoms with van der Waals surface area (Å²) in [7, 11) is 0. The Labute approximate surface area is 139 Å². The summed E-state index contributed by atoms with van der Waals surface area (Å²) >= 11 is 0. The van der Waals surface area contributed by atoms with Crippen LogP contribution in [0.25, 0.3) is 0 Å². The number of carbonyl (C=O) groups excluding carboxylic acids is 1. The van der Waals surface area contributed by atoms with E-state index in [0.29, 0.717) is 6.42 Å². The number of hydrogen-bond acceptors (Lipinski definition) is 2. The largest absolute Gasteiger partial charge is 0.462 e. The summed E-state index contributed by atoms with van der Waals surface area (Å²) in [6.07, 6.45) is 17.6. The first-order valence-electron chi connectivity index (χ1n) is 9.94. The van der Waals surface area contributed by atoms with Crippen molar-refractivity contribution < 1.29 is 9.53 Å². The number of rotatable bonds is 16. The van der Waals surface area contributed by atoms with Gasteiger partial charge in [0.05, 0.1) is 0 Å². The van der Waals surface area contributed by atoms with Crippen LogP contribution in [0.5, 0.6) is 0 Å². The zero-order valence-electron chi connectivity index (χ0n) is 15.5. The minimum Gasteiger partial charge on any atom is -0.462 e.